The van der Waals surface area contributed by atoms with Crippen molar-refractivity contribution in [1.82, 2.24) is 5.32 Å². The second-order valence-electron chi connectivity index (χ2n) is 5.81. The molecule has 0 saturated heterocycles. The molecule has 0 aromatic rings. The van der Waals surface area contributed by atoms with Crippen molar-refractivity contribution < 1.29 is 9.35 Å². The van der Waals surface area contributed by atoms with Crippen LogP contribution in [0.25, 0.3) is 0 Å². The first-order chi connectivity index (χ1) is 11.8. The van der Waals surface area contributed by atoms with E-state index in [1.807, 2.05) is 0 Å². The zero-order chi connectivity index (χ0) is 17.7. The van der Waals surface area contributed by atoms with Crippen molar-refractivity contribution in [3.05, 3.63) is 36.5 Å². The first kappa shape index (κ1) is 23.0. The van der Waals surface area contributed by atoms with E-state index in [4.69, 9.17) is 4.55 Å². The number of amides is 1. The fourth-order valence-electron chi connectivity index (χ4n) is 2.16. The number of allylic oxidation sites excluding steroid dienone is 6. The van der Waals surface area contributed by atoms with E-state index in [0.29, 0.717) is 18.7 Å². The molecule has 0 aliphatic carbocycles. The third-order valence-corrected chi connectivity index (χ3v) is 3.95. The Labute approximate surface area is 152 Å². The molecule has 0 aromatic carbocycles. The van der Waals surface area contributed by atoms with Crippen LogP contribution in [0.2, 0.25) is 0 Å². The summed E-state index contributed by atoms with van der Waals surface area (Å²) in [7, 11) is 0. The Kier molecular flexibility index (Phi) is 19.2. The van der Waals surface area contributed by atoms with E-state index in [0.717, 1.165) is 44.1 Å². The molecule has 0 fully saturated rings. The van der Waals surface area contributed by atoms with Crippen molar-refractivity contribution in [1.29, 1.82) is 0 Å². The van der Waals surface area contributed by atoms with E-state index >= 15 is 0 Å². The van der Waals surface area contributed by atoms with E-state index in [9.17, 15) is 4.79 Å². The molecule has 0 aliphatic heterocycles. The van der Waals surface area contributed by atoms with E-state index < -0.39 is 0 Å². The first-order valence-corrected chi connectivity index (χ1v) is 10.2. The maximum atomic E-state index is 11.4. The lowest BCUT2D eigenvalue weighted by molar-refractivity contribution is -0.121. The fraction of sp³-hybridized carbons (Fsp3) is 0.650. The van der Waals surface area contributed by atoms with Gasteiger partial charge in [0.2, 0.25) is 5.91 Å². The minimum atomic E-state index is 0.0821. The van der Waals surface area contributed by atoms with Crippen molar-refractivity contribution in [2.75, 3.05) is 12.3 Å². The van der Waals surface area contributed by atoms with Crippen LogP contribution in [-0.2, 0) is 4.79 Å². The quantitative estimate of drug-likeness (QED) is 0.206. The summed E-state index contributed by atoms with van der Waals surface area (Å²) in [5, 5.41) is 2.78. The van der Waals surface area contributed by atoms with E-state index in [2.05, 4.69) is 48.7 Å². The summed E-state index contributed by atoms with van der Waals surface area (Å²) in [6, 6.07) is 0. The molecular formula is C20H35NO2S. The van der Waals surface area contributed by atoms with Crippen molar-refractivity contribution in [3.63, 3.8) is 0 Å². The van der Waals surface area contributed by atoms with Crippen molar-refractivity contribution >= 4 is 17.9 Å². The summed E-state index contributed by atoms with van der Waals surface area (Å²) in [5.74, 6) is 0.634. The predicted octanol–water partition coefficient (Wildman–Crippen LogP) is 5.90. The van der Waals surface area contributed by atoms with Crippen LogP contribution < -0.4 is 5.32 Å². The maximum Gasteiger partial charge on any atom is 0.220 e. The molecule has 0 rings (SSSR count). The van der Waals surface area contributed by atoms with Gasteiger partial charge in [-0.2, -0.15) is 0 Å². The number of carbonyl (C=O) groups excluding carboxylic acids is 1. The molecule has 0 aromatic heterocycles. The smallest absolute Gasteiger partial charge is 0.220 e. The predicted molar refractivity (Wildman–Crippen MR) is 107 cm³/mol. The van der Waals surface area contributed by atoms with Crippen LogP contribution >= 0.6 is 12.0 Å². The average molecular weight is 354 g/mol. The molecule has 4 heteroatoms. The number of carbonyl (C=O) groups is 1. The second kappa shape index (κ2) is 20.0. The Balaban J connectivity index is 3.37. The third-order valence-electron chi connectivity index (χ3n) is 3.56. The first-order valence-electron chi connectivity index (χ1n) is 9.29. The Morgan fingerprint density at radius 1 is 0.917 bits per heavy atom. The molecule has 0 saturated carbocycles. The monoisotopic (exact) mass is 353 g/mol. The number of hydrogen-bond acceptors (Lipinski definition) is 3. The molecule has 0 aliphatic rings. The van der Waals surface area contributed by atoms with E-state index in [-0.39, 0.29) is 5.91 Å². The van der Waals surface area contributed by atoms with Gasteiger partial charge < -0.3 is 9.87 Å². The Hall–Kier alpha value is -1.00. The highest BCUT2D eigenvalue weighted by molar-refractivity contribution is 7.93. The Bertz CT molecular complexity index is 365. The lowest BCUT2D eigenvalue weighted by Crippen LogP contribution is -2.25. The molecule has 138 valence electrons. The minimum absolute atomic E-state index is 0.0821. The van der Waals surface area contributed by atoms with Crippen molar-refractivity contribution in [3.8, 4) is 0 Å². The largest absolute Gasteiger partial charge is 0.355 e. The highest BCUT2D eigenvalue weighted by Crippen LogP contribution is 2.03. The molecule has 0 atom stereocenters. The van der Waals surface area contributed by atoms with Crippen LogP contribution in [0.5, 0.6) is 0 Å². The van der Waals surface area contributed by atoms with Gasteiger partial charge in [0.05, 0.1) is 0 Å². The molecule has 0 spiro atoms. The van der Waals surface area contributed by atoms with Crippen LogP contribution in [0, 0.1) is 0 Å². The van der Waals surface area contributed by atoms with Crippen LogP contribution in [-0.4, -0.2) is 22.8 Å². The number of rotatable bonds is 16. The van der Waals surface area contributed by atoms with E-state index in [1.165, 1.54) is 25.7 Å². The van der Waals surface area contributed by atoms with Gasteiger partial charge in [0.15, 0.2) is 0 Å². The molecule has 24 heavy (non-hydrogen) atoms. The Morgan fingerprint density at radius 2 is 1.50 bits per heavy atom. The van der Waals surface area contributed by atoms with Gasteiger partial charge in [-0.3, -0.25) is 4.79 Å². The molecule has 3 nitrogen and oxygen atoms in total. The van der Waals surface area contributed by atoms with Gasteiger partial charge in [0.1, 0.15) is 0 Å². The molecule has 2 N–H and O–H groups in total. The summed E-state index contributed by atoms with van der Waals surface area (Å²) < 4.78 is 8.55. The zero-order valence-corrected chi connectivity index (χ0v) is 16.0. The standard InChI is InChI=1S/C20H35NO2S/c1-2-3-4-5-6-7-8-9-10-11-12-13-14-15-16-17-20(22)21-18-19-24-23/h6-7,9-10,12-13,23H,2-5,8,11,14-19H2,1H3,(H,21,22)/b7-6+,10-9+,13-12+. The normalized spacial score (nSPS) is 11.9. The van der Waals surface area contributed by atoms with E-state index in [1.54, 1.807) is 0 Å². The maximum absolute atomic E-state index is 11.4. The van der Waals surface area contributed by atoms with Gasteiger partial charge in [-0.05, 0) is 57.0 Å². The second-order valence-corrected chi connectivity index (χ2v) is 6.48. The summed E-state index contributed by atoms with van der Waals surface area (Å²) in [4.78, 5) is 11.4. The molecule has 1 amide bonds. The number of nitrogens with one attached hydrogen (secondary N) is 1. The third kappa shape index (κ3) is 19.0. The highest BCUT2D eigenvalue weighted by Gasteiger charge is 1.99. The topological polar surface area (TPSA) is 49.3 Å². The van der Waals surface area contributed by atoms with Gasteiger partial charge in [-0.15, -0.1) is 0 Å². The summed E-state index contributed by atoms with van der Waals surface area (Å²) in [6.07, 6.45) is 24.1. The summed E-state index contributed by atoms with van der Waals surface area (Å²) in [5.41, 5.74) is 0. The van der Waals surface area contributed by atoms with Gasteiger partial charge in [0, 0.05) is 18.7 Å². The van der Waals surface area contributed by atoms with Gasteiger partial charge in [-0.25, -0.2) is 0 Å². The Morgan fingerprint density at radius 3 is 2.08 bits per heavy atom. The molecule has 0 unspecified atom stereocenters. The van der Waals surface area contributed by atoms with Gasteiger partial charge in [-0.1, -0.05) is 56.2 Å². The summed E-state index contributed by atoms with van der Waals surface area (Å²) >= 11 is 0.760. The van der Waals surface area contributed by atoms with Crippen molar-refractivity contribution in [2.24, 2.45) is 0 Å². The van der Waals surface area contributed by atoms with Crippen LogP contribution in [0.1, 0.15) is 71.1 Å². The van der Waals surface area contributed by atoms with Crippen LogP contribution in [0.15, 0.2) is 36.5 Å². The molecular weight excluding hydrogens is 318 g/mol. The van der Waals surface area contributed by atoms with Crippen molar-refractivity contribution in [2.45, 2.75) is 71.1 Å². The lowest BCUT2D eigenvalue weighted by atomic mass is 10.1. The average Bonchev–Trinajstić information content (AvgIpc) is 2.58. The fourth-order valence-corrected chi connectivity index (χ4v) is 2.36. The summed E-state index contributed by atoms with van der Waals surface area (Å²) in [6.45, 7) is 2.77. The molecule has 0 heterocycles. The highest BCUT2D eigenvalue weighted by atomic mass is 32.2. The van der Waals surface area contributed by atoms with Gasteiger partial charge >= 0.3 is 0 Å². The van der Waals surface area contributed by atoms with Crippen LogP contribution in [0.4, 0.5) is 0 Å². The number of unbranched alkanes of at least 4 members (excludes halogenated alkanes) is 5. The SMILES string of the molecule is CCCCC/C=C/C/C=C/C/C=C/CCCCC(=O)NCCSO. The molecule has 0 radical (unpaired) electrons. The van der Waals surface area contributed by atoms with Gasteiger partial charge in [0.25, 0.3) is 0 Å². The lowest BCUT2D eigenvalue weighted by Gasteiger charge is -2.02. The number of hydrogen-bond donors (Lipinski definition) is 2. The van der Waals surface area contributed by atoms with Crippen LogP contribution in [0.3, 0.4) is 0 Å². The molecule has 0 bridgehead atoms. The zero-order valence-electron chi connectivity index (χ0n) is 15.2. The minimum Gasteiger partial charge on any atom is -0.355 e.